The lowest BCUT2D eigenvalue weighted by Gasteiger charge is -2.18. The van der Waals surface area contributed by atoms with Gasteiger partial charge in [-0.15, -0.1) is 0 Å². The third-order valence-corrected chi connectivity index (χ3v) is 3.13. The summed E-state index contributed by atoms with van der Waals surface area (Å²) in [5.74, 6) is 0. The van der Waals surface area contributed by atoms with Crippen LogP contribution in [0, 0.1) is 10.1 Å². The Labute approximate surface area is 114 Å². The lowest BCUT2D eigenvalue weighted by Crippen LogP contribution is -2.19. The smallest absolute Gasteiger partial charge is 0.278 e. The molecule has 7 heteroatoms. The predicted molar refractivity (Wildman–Crippen MR) is 71.1 cm³/mol. The fraction of sp³-hybridized carbons (Fsp3) is 0.308. The van der Waals surface area contributed by atoms with Crippen LogP contribution in [-0.4, -0.2) is 37.9 Å². The van der Waals surface area contributed by atoms with Crippen LogP contribution in [0.3, 0.4) is 0 Å². The van der Waals surface area contributed by atoms with Gasteiger partial charge in [0.25, 0.3) is 5.69 Å². The molecule has 0 aliphatic carbocycles. The first kappa shape index (κ1) is 14.3. The van der Waals surface area contributed by atoms with Gasteiger partial charge in [0, 0.05) is 25.1 Å². The van der Waals surface area contributed by atoms with Crippen LogP contribution in [0.25, 0.3) is 10.8 Å². The Balaban J connectivity index is 2.56. The Hall–Kier alpha value is -2.09. The molecule has 106 valence electrons. The molecule has 0 saturated carbocycles. The summed E-state index contributed by atoms with van der Waals surface area (Å²) in [5.41, 5.74) is 0.259. The maximum atomic E-state index is 11.0. The zero-order valence-corrected chi connectivity index (χ0v) is 10.5. The number of aliphatic hydroxyl groups excluding tert-OH is 3. The molecule has 1 aromatic heterocycles. The van der Waals surface area contributed by atoms with Gasteiger partial charge >= 0.3 is 0 Å². The van der Waals surface area contributed by atoms with Crippen molar-refractivity contribution in [3.63, 3.8) is 0 Å². The van der Waals surface area contributed by atoms with Crippen LogP contribution < -0.4 is 0 Å². The van der Waals surface area contributed by atoms with Crippen molar-refractivity contribution in [1.82, 2.24) is 4.98 Å². The molecule has 1 aromatic carbocycles. The van der Waals surface area contributed by atoms with Gasteiger partial charge in [-0.05, 0) is 29.5 Å². The van der Waals surface area contributed by atoms with Crippen LogP contribution in [0.15, 0.2) is 30.6 Å². The Bertz CT molecular complexity index is 631. The number of aliphatic hydroxyl groups is 3. The molecule has 0 fully saturated rings. The topological polar surface area (TPSA) is 117 Å². The van der Waals surface area contributed by atoms with E-state index < -0.39 is 17.1 Å². The molecule has 20 heavy (non-hydrogen) atoms. The Morgan fingerprint density at radius 1 is 1.25 bits per heavy atom. The van der Waals surface area contributed by atoms with E-state index in [-0.39, 0.29) is 18.7 Å². The van der Waals surface area contributed by atoms with Crippen LogP contribution in [0.5, 0.6) is 0 Å². The number of pyridine rings is 1. The van der Waals surface area contributed by atoms with Crippen molar-refractivity contribution in [3.8, 4) is 0 Å². The minimum atomic E-state index is -1.23. The van der Waals surface area contributed by atoms with Crippen molar-refractivity contribution >= 4 is 16.5 Å². The van der Waals surface area contributed by atoms with Crippen molar-refractivity contribution in [2.75, 3.05) is 6.61 Å². The normalized spacial score (nSPS) is 14.2. The van der Waals surface area contributed by atoms with Crippen LogP contribution in [0.1, 0.15) is 18.1 Å². The first-order valence-electron chi connectivity index (χ1n) is 6.04. The predicted octanol–water partition coefficient (Wildman–Crippen LogP) is 0.920. The fourth-order valence-corrected chi connectivity index (χ4v) is 2.11. The van der Waals surface area contributed by atoms with E-state index in [2.05, 4.69) is 4.98 Å². The van der Waals surface area contributed by atoms with E-state index >= 15 is 0 Å². The first-order chi connectivity index (χ1) is 9.56. The number of nitro groups is 1. The molecule has 0 bridgehead atoms. The molecule has 0 aliphatic heterocycles. The van der Waals surface area contributed by atoms with Crippen molar-refractivity contribution in [2.45, 2.75) is 18.6 Å². The highest BCUT2D eigenvalue weighted by molar-refractivity contribution is 5.92. The monoisotopic (exact) mass is 278 g/mol. The van der Waals surface area contributed by atoms with Crippen LogP contribution in [0.4, 0.5) is 5.69 Å². The largest absolute Gasteiger partial charge is 0.396 e. The summed E-state index contributed by atoms with van der Waals surface area (Å²) >= 11 is 0. The summed E-state index contributed by atoms with van der Waals surface area (Å²) in [6.07, 6.45) is 0.457. The van der Waals surface area contributed by atoms with Gasteiger partial charge < -0.3 is 15.3 Å². The zero-order valence-electron chi connectivity index (χ0n) is 10.5. The van der Waals surface area contributed by atoms with Crippen molar-refractivity contribution in [1.29, 1.82) is 0 Å². The molecule has 7 nitrogen and oxygen atoms in total. The number of non-ortho nitro benzene ring substituents is 1. The number of fused-ring (bicyclic) bond motifs is 1. The Kier molecular flexibility index (Phi) is 4.23. The number of rotatable bonds is 5. The van der Waals surface area contributed by atoms with Gasteiger partial charge in [-0.3, -0.25) is 15.1 Å². The number of nitro benzene ring substituents is 1. The number of hydrogen-bond acceptors (Lipinski definition) is 6. The highest BCUT2D eigenvalue weighted by Crippen LogP contribution is 2.32. The second-order valence-electron chi connectivity index (χ2n) is 4.38. The van der Waals surface area contributed by atoms with Crippen molar-refractivity contribution in [2.24, 2.45) is 0 Å². The average Bonchev–Trinajstić information content (AvgIpc) is 2.45. The molecule has 0 radical (unpaired) electrons. The molecule has 2 rings (SSSR count). The maximum absolute atomic E-state index is 11.0. The zero-order chi connectivity index (χ0) is 14.7. The molecular formula is C13H14N2O5. The summed E-state index contributed by atoms with van der Waals surface area (Å²) in [4.78, 5) is 14.3. The van der Waals surface area contributed by atoms with E-state index in [4.69, 9.17) is 5.11 Å². The Morgan fingerprint density at radius 3 is 2.65 bits per heavy atom. The minimum absolute atomic E-state index is 0.0186. The molecule has 0 aliphatic rings. The van der Waals surface area contributed by atoms with Crippen molar-refractivity contribution < 1.29 is 20.2 Å². The molecule has 0 saturated heterocycles. The van der Waals surface area contributed by atoms with Gasteiger partial charge in [0.05, 0.1) is 16.4 Å². The number of aromatic nitrogens is 1. The number of benzene rings is 1. The standard InChI is InChI=1S/C13H14N2O5/c16-6-4-12(17)13(18)9-1-2-11(15(19)20)10-7-14-5-3-8(9)10/h1-3,5,7,12-13,16-18H,4,6H2. The van der Waals surface area contributed by atoms with E-state index in [9.17, 15) is 20.3 Å². The summed E-state index contributed by atoms with van der Waals surface area (Å²) in [5, 5.41) is 40.4. The third-order valence-electron chi connectivity index (χ3n) is 3.13. The number of hydrogen-bond donors (Lipinski definition) is 3. The second kappa shape index (κ2) is 5.91. The third kappa shape index (κ3) is 2.60. The second-order valence-corrected chi connectivity index (χ2v) is 4.38. The Morgan fingerprint density at radius 2 is 2.00 bits per heavy atom. The highest BCUT2D eigenvalue weighted by atomic mass is 16.6. The van der Waals surface area contributed by atoms with Crippen molar-refractivity contribution in [3.05, 3.63) is 46.3 Å². The lowest BCUT2D eigenvalue weighted by atomic mass is 9.96. The molecule has 0 amide bonds. The number of nitrogens with zero attached hydrogens (tertiary/aromatic N) is 2. The summed E-state index contributed by atoms with van der Waals surface area (Å²) in [6.45, 7) is -0.259. The van der Waals surface area contributed by atoms with Gasteiger partial charge in [0.2, 0.25) is 0 Å². The van der Waals surface area contributed by atoms with E-state index in [0.29, 0.717) is 16.3 Å². The molecule has 1 heterocycles. The van der Waals surface area contributed by atoms with Gasteiger partial charge in [0.15, 0.2) is 0 Å². The lowest BCUT2D eigenvalue weighted by molar-refractivity contribution is -0.383. The summed E-state index contributed by atoms with van der Waals surface area (Å²) < 4.78 is 0. The fourth-order valence-electron chi connectivity index (χ4n) is 2.11. The van der Waals surface area contributed by atoms with E-state index in [1.165, 1.54) is 24.5 Å². The van der Waals surface area contributed by atoms with Gasteiger partial charge in [0.1, 0.15) is 6.10 Å². The molecule has 2 unspecified atom stereocenters. The van der Waals surface area contributed by atoms with Crippen LogP contribution >= 0.6 is 0 Å². The molecule has 0 spiro atoms. The van der Waals surface area contributed by atoms with E-state index in [0.717, 1.165) is 0 Å². The van der Waals surface area contributed by atoms with Gasteiger partial charge in [-0.1, -0.05) is 0 Å². The molecular weight excluding hydrogens is 264 g/mol. The SMILES string of the molecule is O=[N+]([O-])c1ccc(C(O)C(O)CCO)c2ccncc12. The van der Waals surface area contributed by atoms with E-state index in [1.807, 2.05) is 0 Å². The summed E-state index contributed by atoms with van der Waals surface area (Å²) in [7, 11) is 0. The average molecular weight is 278 g/mol. The summed E-state index contributed by atoms with van der Waals surface area (Å²) in [6, 6.07) is 4.23. The van der Waals surface area contributed by atoms with Gasteiger partial charge in [-0.2, -0.15) is 0 Å². The molecule has 2 aromatic rings. The van der Waals surface area contributed by atoms with Gasteiger partial charge in [-0.25, -0.2) is 0 Å². The highest BCUT2D eigenvalue weighted by Gasteiger charge is 2.23. The first-order valence-corrected chi connectivity index (χ1v) is 6.04. The molecule has 3 N–H and O–H groups in total. The van der Waals surface area contributed by atoms with Crippen LogP contribution in [0.2, 0.25) is 0 Å². The van der Waals surface area contributed by atoms with E-state index in [1.54, 1.807) is 6.07 Å². The minimum Gasteiger partial charge on any atom is -0.396 e. The quantitative estimate of drug-likeness (QED) is 0.553. The molecule has 2 atom stereocenters. The van der Waals surface area contributed by atoms with Crippen LogP contribution in [-0.2, 0) is 0 Å². The maximum Gasteiger partial charge on any atom is 0.278 e.